The van der Waals surface area contributed by atoms with Gasteiger partial charge in [0.05, 0.1) is 6.07 Å². The van der Waals surface area contributed by atoms with Gasteiger partial charge in [0, 0.05) is 6.54 Å². The van der Waals surface area contributed by atoms with Crippen LogP contribution < -0.4 is 5.32 Å². The Morgan fingerprint density at radius 3 is 2.40 bits per heavy atom. The first-order chi connectivity index (χ1) is 9.61. The van der Waals surface area contributed by atoms with E-state index < -0.39 is 0 Å². The minimum absolute atomic E-state index is 0.349. The van der Waals surface area contributed by atoms with E-state index in [9.17, 15) is 5.26 Å². The van der Waals surface area contributed by atoms with Crippen molar-refractivity contribution in [1.29, 1.82) is 5.26 Å². The molecule has 0 aromatic carbocycles. The Hall–Kier alpha value is -0.590. The number of likely N-dealkylation sites (tertiary alicyclic amines) is 1. The fraction of sp³-hybridized carbons (Fsp3) is 0.941. The van der Waals surface area contributed by atoms with Gasteiger partial charge >= 0.3 is 0 Å². The quantitative estimate of drug-likeness (QED) is 0.809. The number of nitrogens with zero attached hydrogens (tertiary/aromatic N) is 2. The second-order valence-electron chi connectivity index (χ2n) is 7.17. The minimum Gasteiger partial charge on any atom is -0.303 e. The summed E-state index contributed by atoms with van der Waals surface area (Å²) in [5.74, 6) is 0. The molecule has 1 saturated heterocycles. The molecule has 1 heterocycles. The highest BCUT2D eigenvalue weighted by Crippen LogP contribution is 2.46. The lowest BCUT2D eigenvalue weighted by Gasteiger charge is -2.40. The number of hydrogen-bond donors (Lipinski definition) is 1. The summed E-state index contributed by atoms with van der Waals surface area (Å²) in [5, 5.41) is 12.8. The van der Waals surface area contributed by atoms with Crippen molar-refractivity contribution in [1.82, 2.24) is 10.2 Å². The monoisotopic (exact) mass is 277 g/mol. The van der Waals surface area contributed by atoms with Crippen molar-refractivity contribution >= 4 is 0 Å². The highest BCUT2D eigenvalue weighted by Gasteiger charge is 2.37. The molecule has 1 N–H and O–H groups in total. The zero-order valence-corrected chi connectivity index (χ0v) is 13.4. The Morgan fingerprint density at radius 1 is 1.20 bits per heavy atom. The molecule has 2 fully saturated rings. The highest BCUT2D eigenvalue weighted by molar-refractivity contribution is 5.04. The van der Waals surface area contributed by atoms with Gasteiger partial charge in [0.1, 0.15) is 5.54 Å². The second-order valence-corrected chi connectivity index (χ2v) is 7.17. The molecule has 3 heteroatoms. The van der Waals surface area contributed by atoms with Crippen molar-refractivity contribution in [2.45, 2.75) is 70.8 Å². The molecule has 2 rings (SSSR count). The van der Waals surface area contributed by atoms with E-state index in [0.717, 1.165) is 25.9 Å². The van der Waals surface area contributed by atoms with Crippen molar-refractivity contribution in [2.75, 3.05) is 26.2 Å². The number of rotatable bonds is 6. The number of nitriles is 1. The van der Waals surface area contributed by atoms with Gasteiger partial charge in [0.2, 0.25) is 0 Å². The highest BCUT2D eigenvalue weighted by atomic mass is 15.1. The topological polar surface area (TPSA) is 39.1 Å². The maximum absolute atomic E-state index is 9.38. The molecular formula is C17H31N3. The van der Waals surface area contributed by atoms with Crippen LogP contribution in [-0.4, -0.2) is 36.6 Å². The van der Waals surface area contributed by atoms with Crippen LogP contribution in [0.15, 0.2) is 0 Å². The third-order valence-corrected chi connectivity index (χ3v) is 5.52. The van der Waals surface area contributed by atoms with Gasteiger partial charge in [0.15, 0.2) is 0 Å². The fourth-order valence-electron chi connectivity index (χ4n) is 3.84. The predicted molar refractivity (Wildman–Crippen MR) is 83.5 cm³/mol. The maximum atomic E-state index is 9.38. The van der Waals surface area contributed by atoms with Crippen molar-refractivity contribution in [2.24, 2.45) is 5.41 Å². The number of nitrogens with one attached hydrogen (secondary N) is 1. The van der Waals surface area contributed by atoms with E-state index in [0.29, 0.717) is 5.41 Å². The van der Waals surface area contributed by atoms with Gasteiger partial charge in [-0.15, -0.1) is 0 Å². The van der Waals surface area contributed by atoms with Crippen LogP contribution in [0.5, 0.6) is 0 Å². The molecule has 114 valence electrons. The van der Waals surface area contributed by atoms with Crippen molar-refractivity contribution in [3.8, 4) is 6.07 Å². The fourth-order valence-corrected chi connectivity index (χ4v) is 3.84. The van der Waals surface area contributed by atoms with Crippen LogP contribution in [-0.2, 0) is 0 Å². The molecule has 1 aliphatic heterocycles. The van der Waals surface area contributed by atoms with Gasteiger partial charge in [-0.3, -0.25) is 5.32 Å². The van der Waals surface area contributed by atoms with Gasteiger partial charge in [-0.1, -0.05) is 19.8 Å². The average Bonchev–Trinajstić information content (AvgIpc) is 2.93. The van der Waals surface area contributed by atoms with E-state index in [1.54, 1.807) is 0 Å². The molecule has 0 aromatic rings. The van der Waals surface area contributed by atoms with Gasteiger partial charge in [-0.05, 0) is 70.5 Å². The summed E-state index contributed by atoms with van der Waals surface area (Å²) in [5.41, 5.74) is 0.355. The van der Waals surface area contributed by atoms with E-state index in [-0.39, 0.29) is 5.54 Å². The van der Waals surface area contributed by atoms with Crippen LogP contribution >= 0.6 is 0 Å². The molecule has 2 aliphatic rings. The van der Waals surface area contributed by atoms with Crippen molar-refractivity contribution in [3.05, 3.63) is 0 Å². The van der Waals surface area contributed by atoms with Gasteiger partial charge in [0.25, 0.3) is 0 Å². The first-order valence-electron chi connectivity index (χ1n) is 8.50. The van der Waals surface area contributed by atoms with E-state index in [4.69, 9.17) is 0 Å². The van der Waals surface area contributed by atoms with E-state index in [1.165, 1.54) is 51.6 Å². The Kier molecular flexibility index (Phi) is 5.46. The summed E-state index contributed by atoms with van der Waals surface area (Å²) in [6, 6.07) is 2.46. The van der Waals surface area contributed by atoms with Gasteiger partial charge < -0.3 is 4.90 Å². The Bertz CT molecular complexity index is 331. The van der Waals surface area contributed by atoms with Crippen molar-refractivity contribution in [3.63, 3.8) is 0 Å². The van der Waals surface area contributed by atoms with Crippen LogP contribution in [0.25, 0.3) is 0 Å². The lowest BCUT2D eigenvalue weighted by Crippen LogP contribution is -2.46. The van der Waals surface area contributed by atoms with Crippen LogP contribution in [0.4, 0.5) is 0 Å². The third kappa shape index (κ3) is 3.96. The Labute approximate surface area is 124 Å². The third-order valence-electron chi connectivity index (χ3n) is 5.52. The van der Waals surface area contributed by atoms with Crippen LogP contribution in [0, 0.1) is 16.7 Å². The summed E-state index contributed by atoms with van der Waals surface area (Å²) < 4.78 is 0. The zero-order valence-electron chi connectivity index (χ0n) is 13.4. The molecule has 3 nitrogen and oxygen atoms in total. The van der Waals surface area contributed by atoms with E-state index in [1.807, 2.05) is 6.92 Å². The maximum Gasteiger partial charge on any atom is 0.105 e. The summed E-state index contributed by atoms with van der Waals surface area (Å²) in [6.45, 7) is 8.69. The zero-order chi connectivity index (χ0) is 14.5. The van der Waals surface area contributed by atoms with Gasteiger partial charge in [-0.2, -0.15) is 5.26 Å². The normalized spacial score (nSPS) is 25.4. The molecule has 1 unspecified atom stereocenters. The summed E-state index contributed by atoms with van der Waals surface area (Å²) in [6.07, 6.45) is 10.6. The largest absolute Gasteiger partial charge is 0.303 e. The SMILES string of the molecule is CCCNC(C)(C#N)CCN1CCC2(CCCC2)CC1. The predicted octanol–water partition coefficient (Wildman–Crippen LogP) is 3.31. The first kappa shape index (κ1) is 15.8. The molecule has 0 aromatic heterocycles. The smallest absolute Gasteiger partial charge is 0.105 e. The van der Waals surface area contributed by atoms with E-state index in [2.05, 4.69) is 23.2 Å². The van der Waals surface area contributed by atoms with Gasteiger partial charge in [-0.25, -0.2) is 0 Å². The summed E-state index contributed by atoms with van der Waals surface area (Å²) >= 11 is 0. The lowest BCUT2D eigenvalue weighted by molar-refractivity contribution is 0.103. The lowest BCUT2D eigenvalue weighted by atomic mass is 9.77. The molecule has 1 saturated carbocycles. The average molecular weight is 277 g/mol. The van der Waals surface area contributed by atoms with Crippen LogP contribution in [0.1, 0.15) is 65.2 Å². The number of piperidine rings is 1. The van der Waals surface area contributed by atoms with E-state index >= 15 is 0 Å². The van der Waals surface area contributed by atoms with Crippen molar-refractivity contribution < 1.29 is 0 Å². The Morgan fingerprint density at radius 2 is 1.85 bits per heavy atom. The molecule has 1 aliphatic carbocycles. The summed E-state index contributed by atoms with van der Waals surface area (Å²) in [7, 11) is 0. The standard InChI is InChI=1S/C17H31N3/c1-3-11-19-16(2,15-18)8-12-20-13-9-17(10-14-20)6-4-5-7-17/h19H,3-14H2,1-2H3. The molecule has 1 atom stereocenters. The van der Waals surface area contributed by atoms with Crippen LogP contribution in [0.2, 0.25) is 0 Å². The molecule has 20 heavy (non-hydrogen) atoms. The molecule has 1 spiro atoms. The Balaban J connectivity index is 1.73. The number of hydrogen-bond acceptors (Lipinski definition) is 3. The molecule has 0 radical (unpaired) electrons. The minimum atomic E-state index is -0.349. The molecule has 0 amide bonds. The summed E-state index contributed by atoms with van der Waals surface area (Å²) in [4.78, 5) is 2.58. The first-order valence-corrected chi connectivity index (χ1v) is 8.50. The second kappa shape index (κ2) is 6.91. The van der Waals surface area contributed by atoms with Crippen LogP contribution in [0.3, 0.4) is 0 Å². The molecular weight excluding hydrogens is 246 g/mol. The molecule has 0 bridgehead atoms.